The van der Waals surface area contributed by atoms with Crippen LogP contribution in [0.4, 0.5) is 0 Å². The van der Waals surface area contributed by atoms with Crippen LogP contribution in [0.2, 0.25) is 0 Å². The number of ether oxygens (including phenoxy) is 1. The van der Waals surface area contributed by atoms with E-state index in [4.69, 9.17) is 4.74 Å². The van der Waals surface area contributed by atoms with Crippen LogP contribution in [0.3, 0.4) is 0 Å². The molecule has 0 radical (unpaired) electrons. The molecule has 2 aromatic carbocycles. The van der Waals surface area contributed by atoms with E-state index < -0.39 is 5.92 Å². The van der Waals surface area contributed by atoms with Crippen molar-refractivity contribution in [1.29, 1.82) is 0 Å². The molecule has 2 rings (SSSR count). The van der Waals surface area contributed by atoms with Gasteiger partial charge >= 0.3 is 0 Å². The average Bonchev–Trinajstić information content (AvgIpc) is 2.74. The zero-order valence-electron chi connectivity index (χ0n) is 16.6. The molecule has 1 atom stereocenters. The number of benzene rings is 2. The van der Waals surface area contributed by atoms with Crippen molar-refractivity contribution in [3.05, 3.63) is 65.7 Å². The number of carbonyl (C=O) groups excluding carboxylic acids is 2. The molecule has 0 heterocycles. The van der Waals surface area contributed by atoms with Crippen LogP contribution in [0.1, 0.15) is 66.7 Å². The summed E-state index contributed by atoms with van der Waals surface area (Å²) in [7, 11) is 1.59. The van der Waals surface area contributed by atoms with Crippen molar-refractivity contribution in [3.63, 3.8) is 0 Å². The third-order valence-electron chi connectivity index (χ3n) is 5.33. The number of hydrogen-bond donors (Lipinski definition) is 0. The lowest BCUT2D eigenvalue weighted by molar-refractivity contribution is 0.0795. The topological polar surface area (TPSA) is 43.4 Å². The number of Topliss-reactive ketones (excluding diaryl/α,β-unsaturated/α-hetero) is 2. The lowest BCUT2D eigenvalue weighted by Gasteiger charge is -2.17. The summed E-state index contributed by atoms with van der Waals surface area (Å²) in [5.41, 5.74) is 1.17. The normalized spacial score (nSPS) is 12.0. The van der Waals surface area contributed by atoms with E-state index in [-0.39, 0.29) is 11.6 Å². The van der Waals surface area contributed by atoms with E-state index in [0.717, 1.165) is 25.7 Å². The SMILES string of the molecule is CCC(CC)CCCC(C(=O)c1ccccc1)C(=O)c1ccc(OC)cc1. The van der Waals surface area contributed by atoms with Crippen LogP contribution < -0.4 is 4.74 Å². The molecule has 1 unspecified atom stereocenters. The van der Waals surface area contributed by atoms with E-state index in [1.165, 1.54) is 0 Å². The molecule has 0 saturated heterocycles. The summed E-state index contributed by atoms with van der Waals surface area (Å²) < 4.78 is 5.16. The Morgan fingerprint density at radius 1 is 0.815 bits per heavy atom. The molecule has 0 aliphatic heterocycles. The van der Waals surface area contributed by atoms with E-state index in [1.807, 2.05) is 18.2 Å². The predicted molar refractivity (Wildman–Crippen MR) is 110 cm³/mol. The zero-order valence-corrected chi connectivity index (χ0v) is 16.6. The summed E-state index contributed by atoms with van der Waals surface area (Å²) in [4.78, 5) is 26.2. The van der Waals surface area contributed by atoms with Gasteiger partial charge in [-0.25, -0.2) is 0 Å². The molecule has 3 nitrogen and oxygen atoms in total. The minimum absolute atomic E-state index is 0.0824. The molecule has 0 amide bonds. The van der Waals surface area contributed by atoms with Crippen LogP contribution in [-0.4, -0.2) is 18.7 Å². The first-order chi connectivity index (χ1) is 13.1. The molecular weight excluding hydrogens is 336 g/mol. The summed E-state index contributed by atoms with van der Waals surface area (Å²) in [6.45, 7) is 4.40. The molecular formula is C24H30O3. The van der Waals surface area contributed by atoms with Gasteiger partial charge in [-0.15, -0.1) is 0 Å². The Morgan fingerprint density at radius 2 is 1.37 bits per heavy atom. The molecule has 0 fully saturated rings. The van der Waals surface area contributed by atoms with E-state index >= 15 is 0 Å². The summed E-state index contributed by atoms with van der Waals surface area (Å²) in [6.07, 6.45) is 4.81. The van der Waals surface area contributed by atoms with Crippen molar-refractivity contribution >= 4 is 11.6 Å². The van der Waals surface area contributed by atoms with Crippen LogP contribution in [0.25, 0.3) is 0 Å². The minimum atomic E-state index is -0.629. The minimum Gasteiger partial charge on any atom is -0.497 e. The first kappa shape index (κ1) is 20.9. The molecule has 0 saturated carbocycles. The Morgan fingerprint density at radius 3 is 1.89 bits per heavy atom. The molecule has 2 aromatic rings. The van der Waals surface area contributed by atoms with Crippen LogP contribution in [0.15, 0.2) is 54.6 Å². The molecule has 144 valence electrons. The van der Waals surface area contributed by atoms with Crippen molar-refractivity contribution in [2.24, 2.45) is 11.8 Å². The van der Waals surface area contributed by atoms with Crippen molar-refractivity contribution in [2.45, 2.75) is 46.0 Å². The Kier molecular flexibility index (Phi) is 8.25. The molecule has 0 aliphatic carbocycles. The van der Waals surface area contributed by atoms with Gasteiger partial charge in [0.05, 0.1) is 13.0 Å². The third-order valence-corrected chi connectivity index (χ3v) is 5.33. The number of hydrogen-bond acceptors (Lipinski definition) is 3. The number of methoxy groups -OCH3 is 1. The third kappa shape index (κ3) is 5.78. The van der Waals surface area contributed by atoms with E-state index in [1.54, 1.807) is 43.5 Å². The summed E-state index contributed by atoms with van der Waals surface area (Å²) in [6, 6.07) is 16.2. The maximum absolute atomic E-state index is 13.1. The second-order valence-corrected chi connectivity index (χ2v) is 6.99. The van der Waals surface area contributed by atoms with Gasteiger partial charge in [-0.3, -0.25) is 9.59 Å². The van der Waals surface area contributed by atoms with Crippen molar-refractivity contribution in [1.82, 2.24) is 0 Å². The fraction of sp³-hybridized carbons (Fsp3) is 0.417. The largest absolute Gasteiger partial charge is 0.497 e. The highest BCUT2D eigenvalue weighted by atomic mass is 16.5. The fourth-order valence-electron chi connectivity index (χ4n) is 3.45. The smallest absolute Gasteiger partial charge is 0.173 e. The van der Waals surface area contributed by atoms with Crippen LogP contribution in [0.5, 0.6) is 5.75 Å². The van der Waals surface area contributed by atoms with Crippen molar-refractivity contribution in [3.8, 4) is 5.75 Å². The molecule has 3 heteroatoms. The van der Waals surface area contributed by atoms with E-state index in [0.29, 0.717) is 29.2 Å². The summed E-state index contributed by atoms with van der Waals surface area (Å²) in [5, 5.41) is 0. The maximum atomic E-state index is 13.1. The maximum Gasteiger partial charge on any atom is 0.173 e. The first-order valence-corrected chi connectivity index (χ1v) is 9.88. The quantitative estimate of drug-likeness (QED) is 0.363. The van der Waals surface area contributed by atoms with Gasteiger partial charge in [-0.2, -0.15) is 0 Å². The number of rotatable bonds is 11. The van der Waals surface area contributed by atoms with Gasteiger partial charge in [0, 0.05) is 11.1 Å². The summed E-state index contributed by atoms with van der Waals surface area (Å²) >= 11 is 0. The highest BCUT2D eigenvalue weighted by Crippen LogP contribution is 2.24. The van der Waals surface area contributed by atoms with Gasteiger partial charge in [0.25, 0.3) is 0 Å². The van der Waals surface area contributed by atoms with Gasteiger partial charge in [-0.1, -0.05) is 69.9 Å². The predicted octanol–water partition coefficient (Wildman–Crippen LogP) is 5.98. The zero-order chi connectivity index (χ0) is 19.6. The fourth-order valence-corrected chi connectivity index (χ4v) is 3.45. The van der Waals surface area contributed by atoms with Crippen LogP contribution in [-0.2, 0) is 0 Å². The Balaban J connectivity index is 2.19. The van der Waals surface area contributed by atoms with Crippen LogP contribution >= 0.6 is 0 Å². The van der Waals surface area contributed by atoms with Gasteiger partial charge in [-0.05, 0) is 36.6 Å². The van der Waals surface area contributed by atoms with Gasteiger partial charge < -0.3 is 4.74 Å². The summed E-state index contributed by atoms with van der Waals surface area (Å²) in [5.74, 6) is 0.548. The lowest BCUT2D eigenvalue weighted by atomic mass is 9.84. The van der Waals surface area contributed by atoms with Crippen molar-refractivity contribution in [2.75, 3.05) is 7.11 Å². The molecule has 0 bridgehead atoms. The van der Waals surface area contributed by atoms with Gasteiger partial charge in [0.15, 0.2) is 11.6 Å². The van der Waals surface area contributed by atoms with E-state index in [9.17, 15) is 9.59 Å². The molecule has 0 aliphatic rings. The molecule has 0 N–H and O–H groups in total. The molecule has 27 heavy (non-hydrogen) atoms. The van der Waals surface area contributed by atoms with Crippen molar-refractivity contribution < 1.29 is 14.3 Å². The van der Waals surface area contributed by atoms with Gasteiger partial charge in [0.2, 0.25) is 0 Å². The Bertz CT molecular complexity index is 715. The highest BCUT2D eigenvalue weighted by Gasteiger charge is 2.28. The second kappa shape index (κ2) is 10.7. The Labute approximate surface area is 162 Å². The lowest BCUT2D eigenvalue weighted by Crippen LogP contribution is -2.25. The van der Waals surface area contributed by atoms with E-state index in [2.05, 4.69) is 13.8 Å². The highest BCUT2D eigenvalue weighted by molar-refractivity contribution is 6.16. The number of carbonyl (C=O) groups is 2. The molecule has 0 spiro atoms. The number of ketones is 2. The monoisotopic (exact) mass is 366 g/mol. The standard InChI is InChI=1S/C24H30O3/c1-4-18(5-2)10-9-13-22(23(25)19-11-7-6-8-12-19)24(26)20-14-16-21(27-3)17-15-20/h6-8,11-12,14-18,22H,4-5,9-10,13H2,1-3H3. The van der Waals surface area contributed by atoms with Gasteiger partial charge in [0.1, 0.15) is 5.75 Å². The second-order valence-electron chi connectivity index (χ2n) is 6.99. The average molecular weight is 367 g/mol. The van der Waals surface area contributed by atoms with Crippen LogP contribution in [0, 0.1) is 11.8 Å². The molecule has 0 aromatic heterocycles. The Hall–Kier alpha value is -2.42. The first-order valence-electron chi connectivity index (χ1n) is 9.88.